The van der Waals surface area contributed by atoms with Crippen molar-refractivity contribution in [1.29, 1.82) is 5.26 Å². The molecule has 22 heavy (non-hydrogen) atoms. The molecule has 2 aliphatic rings. The molecule has 1 aromatic rings. The molecule has 0 bridgehead atoms. The quantitative estimate of drug-likeness (QED) is 0.674. The fraction of sp³-hybridized carbons (Fsp3) is 0.353. The molecular weight excluding hydrogens is 294 g/mol. The maximum atomic E-state index is 12.6. The van der Waals surface area contributed by atoms with Crippen molar-refractivity contribution in [3.05, 3.63) is 41.1 Å². The van der Waals surface area contributed by atoms with Crippen molar-refractivity contribution in [2.24, 2.45) is 0 Å². The van der Waals surface area contributed by atoms with Gasteiger partial charge in [-0.05, 0) is 48.8 Å². The molecule has 1 aromatic carbocycles. The second-order valence-electron chi connectivity index (χ2n) is 5.69. The first-order chi connectivity index (χ1) is 10.7. The number of benzene rings is 1. The van der Waals surface area contributed by atoms with Gasteiger partial charge in [0.1, 0.15) is 5.70 Å². The van der Waals surface area contributed by atoms with Crippen LogP contribution in [0.2, 0.25) is 0 Å². The number of carbonyl (C=O) groups is 1. The molecule has 2 fully saturated rings. The van der Waals surface area contributed by atoms with Crippen LogP contribution in [-0.2, 0) is 4.79 Å². The zero-order valence-corrected chi connectivity index (χ0v) is 13.0. The molecule has 3 rings (SSSR count). The molecule has 1 N–H and O–H groups in total. The van der Waals surface area contributed by atoms with Crippen molar-refractivity contribution in [2.45, 2.75) is 38.1 Å². The number of hydrogen-bond acceptors (Lipinski definition) is 3. The minimum Gasteiger partial charge on any atom is -0.328 e. The van der Waals surface area contributed by atoms with Gasteiger partial charge >= 0.3 is 0 Å². The predicted molar refractivity (Wildman–Crippen MR) is 88.6 cm³/mol. The Balaban J connectivity index is 1.80. The summed E-state index contributed by atoms with van der Waals surface area (Å²) in [6.45, 7) is 0. The van der Waals surface area contributed by atoms with Crippen LogP contribution in [0.5, 0.6) is 0 Å². The van der Waals surface area contributed by atoms with Gasteiger partial charge in [0.25, 0.3) is 5.91 Å². The first-order valence-corrected chi connectivity index (χ1v) is 7.96. The molecule has 1 aliphatic heterocycles. The number of thiocarbonyl (C=S) groups is 1. The van der Waals surface area contributed by atoms with Gasteiger partial charge in [0.2, 0.25) is 0 Å². The van der Waals surface area contributed by atoms with Crippen molar-refractivity contribution in [3.63, 3.8) is 0 Å². The molecular formula is C17H17N3OS. The number of nitriles is 1. The summed E-state index contributed by atoms with van der Waals surface area (Å²) in [4.78, 5) is 14.3. The topological polar surface area (TPSA) is 56.1 Å². The van der Waals surface area contributed by atoms with Gasteiger partial charge in [0, 0.05) is 6.04 Å². The van der Waals surface area contributed by atoms with E-state index >= 15 is 0 Å². The Bertz CT molecular complexity index is 666. The van der Waals surface area contributed by atoms with Gasteiger partial charge in [0.05, 0.1) is 11.6 Å². The van der Waals surface area contributed by atoms with Crippen LogP contribution < -0.4 is 5.32 Å². The fourth-order valence-electron chi connectivity index (χ4n) is 3.04. The van der Waals surface area contributed by atoms with E-state index in [4.69, 9.17) is 17.5 Å². The maximum absolute atomic E-state index is 12.6. The predicted octanol–water partition coefficient (Wildman–Crippen LogP) is 2.95. The summed E-state index contributed by atoms with van der Waals surface area (Å²) in [7, 11) is 0. The SMILES string of the molecule is N#Cc1ccc(/C=C2\NC(=S)N(C3CCCCC3)C2=O)cc1. The van der Waals surface area contributed by atoms with Gasteiger partial charge in [-0.3, -0.25) is 9.69 Å². The summed E-state index contributed by atoms with van der Waals surface area (Å²) in [5.74, 6) is -0.0405. The minimum absolute atomic E-state index is 0.0405. The Kier molecular flexibility index (Phi) is 4.21. The van der Waals surface area contributed by atoms with Crippen LogP contribution in [0.25, 0.3) is 6.08 Å². The molecule has 0 atom stereocenters. The third kappa shape index (κ3) is 2.88. The largest absolute Gasteiger partial charge is 0.328 e. The molecule has 0 spiro atoms. The van der Waals surface area contributed by atoms with Gasteiger partial charge < -0.3 is 5.32 Å². The molecule has 1 heterocycles. The first-order valence-electron chi connectivity index (χ1n) is 7.55. The monoisotopic (exact) mass is 311 g/mol. The standard InChI is InChI=1S/C17H17N3OS/c18-11-13-8-6-12(7-9-13)10-15-16(21)20(17(22)19-15)14-4-2-1-3-5-14/h6-10,14H,1-5H2,(H,19,22)/b15-10-. The summed E-state index contributed by atoms with van der Waals surface area (Å²) in [5, 5.41) is 12.4. The molecule has 1 saturated carbocycles. The lowest BCUT2D eigenvalue weighted by Crippen LogP contribution is -2.41. The number of nitrogens with one attached hydrogen (secondary N) is 1. The number of carbonyl (C=O) groups excluding carboxylic acids is 1. The number of nitrogens with zero attached hydrogens (tertiary/aromatic N) is 2. The lowest BCUT2D eigenvalue weighted by atomic mass is 9.94. The van der Waals surface area contributed by atoms with E-state index in [2.05, 4.69) is 11.4 Å². The van der Waals surface area contributed by atoms with E-state index in [0.29, 0.717) is 16.4 Å². The van der Waals surface area contributed by atoms with Crippen molar-refractivity contribution in [2.75, 3.05) is 0 Å². The molecule has 5 heteroatoms. The van der Waals surface area contributed by atoms with Crippen molar-refractivity contribution in [3.8, 4) is 6.07 Å². The highest BCUT2D eigenvalue weighted by Crippen LogP contribution is 2.26. The fourth-order valence-corrected chi connectivity index (χ4v) is 3.38. The van der Waals surface area contributed by atoms with E-state index in [-0.39, 0.29) is 11.9 Å². The van der Waals surface area contributed by atoms with Gasteiger partial charge in [-0.1, -0.05) is 31.4 Å². The van der Waals surface area contributed by atoms with E-state index in [1.807, 2.05) is 12.1 Å². The molecule has 1 saturated heterocycles. The zero-order valence-electron chi connectivity index (χ0n) is 12.2. The second-order valence-corrected chi connectivity index (χ2v) is 6.08. The Morgan fingerprint density at radius 1 is 1.23 bits per heavy atom. The lowest BCUT2D eigenvalue weighted by molar-refractivity contribution is -0.124. The zero-order chi connectivity index (χ0) is 15.5. The summed E-state index contributed by atoms with van der Waals surface area (Å²) in [6.07, 6.45) is 7.40. The van der Waals surface area contributed by atoms with Gasteiger partial charge in [-0.15, -0.1) is 0 Å². The summed E-state index contributed by atoms with van der Waals surface area (Å²) in [6, 6.07) is 9.44. The maximum Gasteiger partial charge on any atom is 0.276 e. The number of rotatable bonds is 2. The van der Waals surface area contributed by atoms with E-state index in [1.54, 1.807) is 23.1 Å². The molecule has 0 unspecified atom stereocenters. The Hall–Kier alpha value is -2.19. The number of hydrogen-bond donors (Lipinski definition) is 1. The first kappa shape index (κ1) is 14.7. The van der Waals surface area contributed by atoms with E-state index in [0.717, 1.165) is 31.2 Å². The highest BCUT2D eigenvalue weighted by Gasteiger charge is 2.36. The van der Waals surface area contributed by atoms with Crippen LogP contribution in [0, 0.1) is 11.3 Å². The number of amides is 1. The van der Waals surface area contributed by atoms with Crippen LogP contribution in [0.3, 0.4) is 0 Å². The molecule has 112 valence electrons. The highest BCUT2D eigenvalue weighted by atomic mass is 32.1. The van der Waals surface area contributed by atoms with Crippen LogP contribution in [0.4, 0.5) is 0 Å². The molecule has 4 nitrogen and oxygen atoms in total. The third-order valence-corrected chi connectivity index (χ3v) is 4.50. The molecule has 1 amide bonds. The Labute approximate surface area is 135 Å². The van der Waals surface area contributed by atoms with Crippen molar-refractivity contribution < 1.29 is 4.79 Å². The second kappa shape index (κ2) is 6.29. The third-order valence-electron chi connectivity index (χ3n) is 4.20. The lowest BCUT2D eigenvalue weighted by Gasteiger charge is -2.29. The minimum atomic E-state index is -0.0405. The molecule has 1 aliphatic carbocycles. The smallest absolute Gasteiger partial charge is 0.276 e. The van der Waals surface area contributed by atoms with Crippen LogP contribution in [-0.4, -0.2) is 22.0 Å². The van der Waals surface area contributed by atoms with Crippen LogP contribution in [0.15, 0.2) is 30.0 Å². The summed E-state index contributed by atoms with van der Waals surface area (Å²) < 4.78 is 0. The summed E-state index contributed by atoms with van der Waals surface area (Å²) >= 11 is 5.34. The van der Waals surface area contributed by atoms with Gasteiger partial charge in [-0.2, -0.15) is 5.26 Å². The van der Waals surface area contributed by atoms with Crippen LogP contribution >= 0.6 is 12.2 Å². The van der Waals surface area contributed by atoms with E-state index in [1.165, 1.54) is 6.42 Å². The van der Waals surface area contributed by atoms with Crippen molar-refractivity contribution in [1.82, 2.24) is 10.2 Å². The highest BCUT2D eigenvalue weighted by molar-refractivity contribution is 7.80. The Morgan fingerprint density at radius 2 is 1.91 bits per heavy atom. The van der Waals surface area contributed by atoms with E-state index < -0.39 is 0 Å². The van der Waals surface area contributed by atoms with Gasteiger partial charge in [-0.25, -0.2) is 0 Å². The average Bonchev–Trinajstić information content (AvgIpc) is 2.83. The summed E-state index contributed by atoms with van der Waals surface area (Å²) in [5.41, 5.74) is 2.00. The van der Waals surface area contributed by atoms with Crippen LogP contribution in [0.1, 0.15) is 43.2 Å². The van der Waals surface area contributed by atoms with Crippen molar-refractivity contribution >= 4 is 29.3 Å². The van der Waals surface area contributed by atoms with E-state index in [9.17, 15) is 4.79 Å². The Morgan fingerprint density at radius 3 is 2.55 bits per heavy atom. The van der Waals surface area contributed by atoms with Gasteiger partial charge in [0.15, 0.2) is 5.11 Å². The average molecular weight is 311 g/mol. The molecule has 0 aromatic heterocycles. The normalized spacial score (nSPS) is 21.0. The molecule has 0 radical (unpaired) electrons.